The Morgan fingerprint density at radius 2 is 2.00 bits per heavy atom. The van der Waals surface area contributed by atoms with Crippen LogP contribution < -0.4 is 4.90 Å². The summed E-state index contributed by atoms with van der Waals surface area (Å²) in [6.45, 7) is 3.37. The Labute approximate surface area is 135 Å². The molecule has 0 N–H and O–H groups in total. The Hall–Kier alpha value is -1.37. The lowest BCUT2D eigenvalue weighted by Crippen LogP contribution is -2.43. The first-order chi connectivity index (χ1) is 10.4. The van der Waals surface area contributed by atoms with Crippen LogP contribution in [-0.2, 0) is 14.6 Å². The molecular formula is C16H19NO3S2. The lowest BCUT2D eigenvalue weighted by Gasteiger charge is -2.38. The summed E-state index contributed by atoms with van der Waals surface area (Å²) in [5.74, 6) is 0. The second-order valence-corrected chi connectivity index (χ2v) is 8.40. The minimum atomic E-state index is -3.25. The van der Waals surface area contributed by atoms with E-state index in [0.29, 0.717) is 18.0 Å². The molecule has 1 aromatic heterocycles. The number of rotatable bonds is 3. The van der Waals surface area contributed by atoms with Crippen molar-refractivity contribution in [2.24, 2.45) is 0 Å². The summed E-state index contributed by atoms with van der Waals surface area (Å²) in [6.07, 6.45) is 1.28. The molecule has 0 spiro atoms. The number of hydrogen-bond acceptors (Lipinski definition) is 5. The van der Waals surface area contributed by atoms with Gasteiger partial charge in [0.2, 0.25) is 0 Å². The van der Waals surface area contributed by atoms with Crippen LogP contribution in [0.1, 0.15) is 18.6 Å². The van der Waals surface area contributed by atoms with Crippen LogP contribution in [0.3, 0.4) is 0 Å². The van der Waals surface area contributed by atoms with Crippen molar-refractivity contribution in [1.29, 1.82) is 0 Å². The molecule has 0 radical (unpaired) electrons. The Morgan fingerprint density at radius 1 is 1.23 bits per heavy atom. The zero-order valence-corrected chi connectivity index (χ0v) is 14.2. The molecule has 22 heavy (non-hydrogen) atoms. The van der Waals surface area contributed by atoms with Crippen LogP contribution in [0.2, 0.25) is 0 Å². The van der Waals surface area contributed by atoms with Gasteiger partial charge in [-0.15, -0.1) is 0 Å². The van der Waals surface area contributed by atoms with Gasteiger partial charge < -0.3 is 9.64 Å². The van der Waals surface area contributed by atoms with Crippen molar-refractivity contribution in [3.05, 3.63) is 46.7 Å². The van der Waals surface area contributed by atoms with Crippen LogP contribution in [0.5, 0.6) is 0 Å². The number of sulfone groups is 1. The van der Waals surface area contributed by atoms with Crippen LogP contribution >= 0.6 is 11.3 Å². The molecule has 4 nitrogen and oxygen atoms in total. The molecule has 2 heterocycles. The second kappa shape index (κ2) is 6.02. The molecule has 0 aliphatic carbocycles. The average molecular weight is 337 g/mol. The fraction of sp³-hybridized carbons (Fsp3) is 0.375. The number of thiophene rings is 1. The highest BCUT2D eigenvalue weighted by Gasteiger charge is 2.29. The number of ether oxygens (including phenoxy) is 1. The van der Waals surface area contributed by atoms with Gasteiger partial charge in [0.1, 0.15) is 6.10 Å². The highest BCUT2D eigenvalue weighted by Crippen LogP contribution is 2.32. The van der Waals surface area contributed by atoms with Crippen molar-refractivity contribution in [3.8, 4) is 0 Å². The first kappa shape index (κ1) is 15.5. The van der Waals surface area contributed by atoms with Crippen molar-refractivity contribution in [1.82, 2.24) is 0 Å². The molecule has 3 rings (SSSR count). The Bertz CT molecular complexity index is 741. The molecule has 2 atom stereocenters. The van der Waals surface area contributed by atoms with E-state index in [1.807, 2.05) is 24.4 Å². The smallest absolute Gasteiger partial charge is 0.177 e. The number of nitrogens with zero attached hydrogens (tertiary/aromatic N) is 1. The number of morpholine rings is 1. The minimum absolute atomic E-state index is 0.0254. The predicted molar refractivity (Wildman–Crippen MR) is 89.4 cm³/mol. The van der Waals surface area contributed by atoms with Gasteiger partial charge >= 0.3 is 0 Å². The quantitative estimate of drug-likeness (QED) is 0.863. The molecule has 0 bridgehead atoms. The SMILES string of the molecule is C[C@H]1CN(c2ccccc2S(C)(=O)=O)C[C@@H](c2ccsc2)O1. The van der Waals surface area contributed by atoms with E-state index in [1.165, 1.54) is 6.26 Å². The number of para-hydroxylation sites is 1. The molecular weight excluding hydrogens is 318 g/mol. The molecule has 118 valence electrons. The van der Waals surface area contributed by atoms with E-state index < -0.39 is 9.84 Å². The van der Waals surface area contributed by atoms with E-state index >= 15 is 0 Å². The Morgan fingerprint density at radius 3 is 2.68 bits per heavy atom. The Kier molecular flexibility index (Phi) is 4.25. The molecule has 0 amide bonds. The summed E-state index contributed by atoms with van der Waals surface area (Å²) in [5.41, 5.74) is 1.92. The zero-order valence-electron chi connectivity index (χ0n) is 12.6. The highest BCUT2D eigenvalue weighted by atomic mass is 32.2. The van der Waals surface area contributed by atoms with Crippen molar-refractivity contribution < 1.29 is 13.2 Å². The molecule has 1 aliphatic rings. The van der Waals surface area contributed by atoms with Crippen molar-refractivity contribution in [3.63, 3.8) is 0 Å². The lowest BCUT2D eigenvalue weighted by atomic mass is 10.1. The number of anilines is 1. The van der Waals surface area contributed by atoms with Crippen molar-refractivity contribution >= 4 is 26.9 Å². The third-order valence-corrected chi connectivity index (χ3v) is 5.63. The van der Waals surface area contributed by atoms with Crippen LogP contribution in [-0.4, -0.2) is 33.9 Å². The fourth-order valence-electron chi connectivity index (χ4n) is 2.82. The maximum atomic E-state index is 12.0. The van der Waals surface area contributed by atoms with Crippen LogP contribution in [0.15, 0.2) is 46.0 Å². The maximum Gasteiger partial charge on any atom is 0.177 e. The van der Waals surface area contributed by atoms with Crippen LogP contribution in [0, 0.1) is 0 Å². The summed E-state index contributed by atoms with van der Waals surface area (Å²) < 4.78 is 30.1. The molecule has 0 unspecified atom stereocenters. The van der Waals surface area contributed by atoms with Gasteiger partial charge in [-0.25, -0.2) is 8.42 Å². The molecule has 0 saturated carbocycles. The first-order valence-electron chi connectivity index (χ1n) is 7.17. The largest absolute Gasteiger partial charge is 0.367 e. The summed E-state index contributed by atoms with van der Waals surface area (Å²) >= 11 is 1.64. The van der Waals surface area contributed by atoms with E-state index in [0.717, 1.165) is 11.3 Å². The van der Waals surface area contributed by atoms with Gasteiger partial charge in [0.05, 0.1) is 16.7 Å². The summed E-state index contributed by atoms with van der Waals surface area (Å²) in [7, 11) is -3.25. The van der Waals surface area contributed by atoms with Gasteiger partial charge in [-0.1, -0.05) is 12.1 Å². The van der Waals surface area contributed by atoms with Crippen molar-refractivity contribution in [2.45, 2.75) is 24.0 Å². The zero-order chi connectivity index (χ0) is 15.7. The van der Waals surface area contributed by atoms with Gasteiger partial charge in [-0.3, -0.25) is 0 Å². The maximum absolute atomic E-state index is 12.0. The predicted octanol–water partition coefficient (Wildman–Crippen LogP) is 3.12. The molecule has 1 saturated heterocycles. The summed E-state index contributed by atoms with van der Waals surface area (Å²) in [6, 6.07) is 9.25. The van der Waals surface area contributed by atoms with E-state index in [4.69, 9.17) is 4.74 Å². The van der Waals surface area contributed by atoms with Gasteiger partial charge in [-0.2, -0.15) is 11.3 Å². The fourth-order valence-corrected chi connectivity index (χ4v) is 4.43. The van der Waals surface area contributed by atoms with Gasteiger partial charge in [0, 0.05) is 19.3 Å². The number of benzene rings is 1. The first-order valence-corrected chi connectivity index (χ1v) is 10.00. The monoisotopic (exact) mass is 337 g/mol. The third-order valence-electron chi connectivity index (χ3n) is 3.78. The summed E-state index contributed by atoms with van der Waals surface area (Å²) in [5, 5.41) is 4.12. The molecule has 2 aromatic rings. The van der Waals surface area contributed by atoms with Crippen LogP contribution in [0.4, 0.5) is 5.69 Å². The second-order valence-electron chi connectivity index (χ2n) is 5.64. The topological polar surface area (TPSA) is 46.6 Å². The van der Waals surface area contributed by atoms with Gasteiger partial charge in [-0.05, 0) is 41.4 Å². The lowest BCUT2D eigenvalue weighted by molar-refractivity contribution is -0.0173. The third kappa shape index (κ3) is 3.19. The molecule has 1 fully saturated rings. The van der Waals surface area contributed by atoms with Crippen LogP contribution in [0.25, 0.3) is 0 Å². The van der Waals surface area contributed by atoms with E-state index in [2.05, 4.69) is 16.3 Å². The Balaban J connectivity index is 1.95. The van der Waals surface area contributed by atoms with Crippen molar-refractivity contribution in [2.75, 3.05) is 24.2 Å². The molecule has 1 aromatic carbocycles. The molecule has 6 heteroatoms. The normalized spacial score (nSPS) is 22.7. The highest BCUT2D eigenvalue weighted by molar-refractivity contribution is 7.90. The standard InChI is InChI=1S/C16H19NO3S2/c1-12-9-17(10-15(20-12)13-7-8-21-11-13)14-5-3-4-6-16(14)22(2,18)19/h3-8,11-12,15H,9-10H2,1-2H3/t12-,15-/m0/s1. The summed E-state index contributed by atoms with van der Waals surface area (Å²) in [4.78, 5) is 2.50. The minimum Gasteiger partial charge on any atom is -0.367 e. The van der Waals surface area contributed by atoms with E-state index in [9.17, 15) is 8.42 Å². The average Bonchev–Trinajstić information content (AvgIpc) is 3.00. The van der Waals surface area contributed by atoms with E-state index in [-0.39, 0.29) is 12.2 Å². The van der Waals surface area contributed by atoms with E-state index in [1.54, 1.807) is 23.5 Å². The van der Waals surface area contributed by atoms with Gasteiger partial charge in [0.15, 0.2) is 9.84 Å². The van der Waals surface area contributed by atoms with Gasteiger partial charge in [0.25, 0.3) is 0 Å². The number of hydrogen-bond donors (Lipinski definition) is 0. The molecule has 1 aliphatic heterocycles.